The highest BCUT2D eigenvalue weighted by Crippen LogP contribution is 2.34. The van der Waals surface area contributed by atoms with Crippen LogP contribution in [0.3, 0.4) is 0 Å². The number of hydrogen-bond acceptors (Lipinski definition) is 3. The number of benzene rings is 2. The van der Waals surface area contributed by atoms with Gasteiger partial charge >= 0.3 is 6.18 Å². The maximum absolute atomic E-state index is 13.4. The molecule has 0 radical (unpaired) electrons. The average molecular weight is 445 g/mol. The molecule has 0 bridgehead atoms. The Balaban J connectivity index is 1.53. The highest BCUT2D eigenvalue weighted by atomic mass is 19.4. The molecule has 1 fully saturated rings. The summed E-state index contributed by atoms with van der Waals surface area (Å²) in [5, 5.41) is 6.82. The van der Waals surface area contributed by atoms with Crippen molar-refractivity contribution in [3.8, 4) is 0 Å². The molecule has 1 amide bonds. The Hall–Kier alpha value is -3.16. The van der Waals surface area contributed by atoms with Crippen molar-refractivity contribution in [2.24, 2.45) is 0 Å². The van der Waals surface area contributed by atoms with Crippen molar-refractivity contribution in [1.29, 1.82) is 0 Å². The lowest BCUT2D eigenvalue weighted by atomic mass is 9.90. The van der Waals surface area contributed by atoms with Crippen LogP contribution in [0.5, 0.6) is 0 Å². The second-order valence-electron chi connectivity index (χ2n) is 8.26. The first-order chi connectivity index (χ1) is 15.2. The van der Waals surface area contributed by atoms with Crippen LogP contribution >= 0.6 is 0 Å². The molecule has 0 spiro atoms. The van der Waals surface area contributed by atoms with Crippen LogP contribution in [0, 0.1) is 12.7 Å². The maximum Gasteiger partial charge on any atom is 0.433 e. The quantitative estimate of drug-likeness (QED) is 0.495. The SMILES string of the molecule is Cc1ccc2nc(C(F)(F)F)cc(N[C@H]3CCC[C@@H](NC(=O)c4cccc(F)c4)C3)c2c1. The summed E-state index contributed by atoms with van der Waals surface area (Å²) in [6, 6.07) is 11.4. The second-order valence-corrected chi connectivity index (χ2v) is 8.26. The number of carbonyl (C=O) groups excluding carboxylic acids is 1. The third-order valence-corrected chi connectivity index (χ3v) is 5.71. The Kier molecular flexibility index (Phi) is 6.04. The van der Waals surface area contributed by atoms with Gasteiger partial charge in [0.2, 0.25) is 0 Å². The van der Waals surface area contributed by atoms with Gasteiger partial charge in [-0.25, -0.2) is 9.37 Å². The molecule has 168 valence electrons. The Morgan fingerprint density at radius 3 is 2.59 bits per heavy atom. The van der Waals surface area contributed by atoms with Crippen LogP contribution in [-0.4, -0.2) is 23.0 Å². The van der Waals surface area contributed by atoms with Gasteiger partial charge < -0.3 is 10.6 Å². The molecule has 1 aliphatic carbocycles. The lowest BCUT2D eigenvalue weighted by Gasteiger charge is -2.31. The highest BCUT2D eigenvalue weighted by Gasteiger charge is 2.34. The Morgan fingerprint density at radius 2 is 1.84 bits per heavy atom. The molecule has 2 N–H and O–H groups in total. The van der Waals surface area contributed by atoms with Gasteiger partial charge in [0.15, 0.2) is 0 Å². The fraction of sp³-hybridized carbons (Fsp3) is 0.333. The van der Waals surface area contributed by atoms with Crippen LogP contribution in [0.1, 0.15) is 47.3 Å². The molecule has 1 saturated carbocycles. The first-order valence-electron chi connectivity index (χ1n) is 10.5. The summed E-state index contributed by atoms with van der Waals surface area (Å²) >= 11 is 0. The van der Waals surface area contributed by atoms with Gasteiger partial charge in [-0.3, -0.25) is 4.79 Å². The molecule has 1 aromatic heterocycles. The fourth-order valence-electron chi connectivity index (χ4n) is 4.17. The van der Waals surface area contributed by atoms with Crippen LogP contribution in [0.25, 0.3) is 10.9 Å². The van der Waals surface area contributed by atoms with Crippen LogP contribution in [0.2, 0.25) is 0 Å². The van der Waals surface area contributed by atoms with E-state index in [9.17, 15) is 22.4 Å². The molecule has 0 unspecified atom stereocenters. The van der Waals surface area contributed by atoms with E-state index in [1.807, 2.05) is 13.0 Å². The smallest absolute Gasteiger partial charge is 0.382 e. The lowest BCUT2D eigenvalue weighted by molar-refractivity contribution is -0.140. The molecule has 32 heavy (non-hydrogen) atoms. The summed E-state index contributed by atoms with van der Waals surface area (Å²) in [5.41, 5.74) is 0.882. The topological polar surface area (TPSA) is 54.0 Å². The minimum absolute atomic E-state index is 0.117. The summed E-state index contributed by atoms with van der Waals surface area (Å²) in [5.74, 6) is -0.847. The molecule has 3 aromatic rings. The summed E-state index contributed by atoms with van der Waals surface area (Å²) in [6.07, 6.45) is -1.67. The second kappa shape index (κ2) is 8.76. The third-order valence-electron chi connectivity index (χ3n) is 5.71. The van der Waals surface area contributed by atoms with E-state index in [0.717, 1.165) is 30.9 Å². The molecule has 8 heteroatoms. The Morgan fingerprint density at radius 1 is 1.06 bits per heavy atom. The number of carbonyl (C=O) groups is 1. The summed E-state index contributed by atoms with van der Waals surface area (Å²) in [6.45, 7) is 1.87. The normalized spacial score (nSPS) is 19.0. The number of halogens is 4. The molecule has 0 aliphatic heterocycles. The monoisotopic (exact) mass is 445 g/mol. The predicted octanol–water partition coefficient (Wildman–Crippen LogP) is 5.85. The number of nitrogens with one attached hydrogen (secondary N) is 2. The zero-order valence-corrected chi connectivity index (χ0v) is 17.5. The first kappa shape index (κ1) is 22.0. The molecule has 1 aliphatic rings. The van der Waals surface area contributed by atoms with Gasteiger partial charge in [0.1, 0.15) is 11.5 Å². The fourth-order valence-corrected chi connectivity index (χ4v) is 4.17. The van der Waals surface area contributed by atoms with E-state index in [0.29, 0.717) is 17.5 Å². The van der Waals surface area contributed by atoms with Gasteiger partial charge in [0, 0.05) is 28.7 Å². The van der Waals surface area contributed by atoms with Crippen molar-refractivity contribution in [1.82, 2.24) is 10.3 Å². The minimum Gasteiger partial charge on any atom is -0.382 e. The average Bonchev–Trinajstić information content (AvgIpc) is 2.73. The summed E-state index contributed by atoms with van der Waals surface area (Å²) in [4.78, 5) is 16.2. The number of aryl methyl sites for hydroxylation is 1. The van der Waals surface area contributed by atoms with E-state index in [4.69, 9.17) is 0 Å². The van der Waals surface area contributed by atoms with E-state index >= 15 is 0 Å². The van der Waals surface area contributed by atoms with Gasteiger partial charge in [-0.15, -0.1) is 0 Å². The van der Waals surface area contributed by atoms with Crippen molar-refractivity contribution < 1.29 is 22.4 Å². The van der Waals surface area contributed by atoms with Crippen molar-refractivity contribution >= 4 is 22.5 Å². The minimum atomic E-state index is -4.55. The van der Waals surface area contributed by atoms with Gasteiger partial charge in [-0.2, -0.15) is 13.2 Å². The first-order valence-corrected chi connectivity index (χ1v) is 10.5. The van der Waals surface area contributed by atoms with E-state index in [2.05, 4.69) is 15.6 Å². The van der Waals surface area contributed by atoms with Crippen molar-refractivity contribution in [2.75, 3.05) is 5.32 Å². The van der Waals surface area contributed by atoms with E-state index in [-0.39, 0.29) is 29.1 Å². The number of aromatic nitrogens is 1. The number of amides is 1. The largest absolute Gasteiger partial charge is 0.433 e. The van der Waals surface area contributed by atoms with Crippen molar-refractivity contribution in [2.45, 2.75) is 50.9 Å². The lowest BCUT2D eigenvalue weighted by Crippen LogP contribution is -2.41. The number of anilines is 1. The van der Waals surface area contributed by atoms with Gasteiger partial charge in [-0.05, 0) is 69.0 Å². The number of pyridine rings is 1. The number of hydrogen-bond donors (Lipinski definition) is 2. The Bertz CT molecular complexity index is 1150. The van der Waals surface area contributed by atoms with E-state index in [1.165, 1.54) is 18.2 Å². The molecule has 2 atom stereocenters. The Labute approximate surface area is 183 Å². The number of fused-ring (bicyclic) bond motifs is 1. The van der Waals surface area contributed by atoms with Crippen molar-refractivity contribution in [3.05, 3.63) is 71.2 Å². The predicted molar refractivity (Wildman–Crippen MR) is 115 cm³/mol. The van der Waals surface area contributed by atoms with Crippen LogP contribution in [0.15, 0.2) is 48.5 Å². The molecule has 4 rings (SSSR count). The summed E-state index contributed by atoms with van der Waals surface area (Å²) in [7, 11) is 0. The molecule has 1 heterocycles. The third kappa shape index (κ3) is 5.00. The van der Waals surface area contributed by atoms with Crippen LogP contribution in [-0.2, 0) is 6.18 Å². The van der Waals surface area contributed by atoms with Gasteiger partial charge in [0.25, 0.3) is 5.91 Å². The zero-order valence-electron chi connectivity index (χ0n) is 17.5. The van der Waals surface area contributed by atoms with Gasteiger partial charge in [0.05, 0.1) is 5.52 Å². The number of alkyl halides is 3. The number of nitrogens with zero attached hydrogens (tertiary/aromatic N) is 1. The maximum atomic E-state index is 13.4. The van der Waals surface area contributed by atoms with E-state index < -0.39 is 17.7 Å². The van der Waals surface area contributed by atoms with E-state index in [1.54, 1.807) is 18.2 Å². The van der Waals surface area contributed by atoms with Crippen molar-refractivity contribution in [3.63, 3.8) is 0 Å². The van der Waals surface area contributed by atoms with Gasteiger partial charge in [-0.1, -0.05) is 17.7 Å². The van der Waals surface area contributed by atoms with Crippen LogP contribution in [0.4, 0.5) is 23.2 Å². The zero-order chi connectivity index (χ0) is 22.9. The standard InChI is InChI=1S/C24H23F4N3O/c1-14-8-9-20-19(10-14)21(13-22(31-20)24(26,27)28)29-17-6-3-7-18(12-17)30-23(32)15-4-2-5-16(25)11-15/h2,4-5,8-11,13,17-18H,3,6-7,12H2,1H3,(H,29,31)(H,30,32)/t17-,18+/m0/s1. The highest BCUT2D eigenvalue weighted by molar-refractivity contribution is 5.94. The van der Waals surface area contributed by atoms with Crippen LogP contribution < -0.4 is 10.6 Å². The molecule has 2 aromatic carbocycles. The summed E-state index contributed by atoms with van der Waals surface area (Å²) < 4.78 is 53.6. The molecule has 4 nitrogen and oxygen atoms in total. The molecule has 0 saturated heterocycles. The molecular weight excluding hydrogens is 422 g/mol. The molecular formula is C24H23F4N3O. The number of rotatable bonds is 4.